The van der Waals surface area contributed by atoms with Gasteiger partial charge in [-0.25, -0.2) is 9.55 Å². The smallest absolute Gasteiger partial charge is 0.299 e. The molecular weight excluding hydrogens is 406 g/mol. The van der Waals surface area contributed by atoms with Gasteiger partial charge in [-0.3, -0.25) is 0 Å². The lowest BCUT2D eigenvalue weighted by Crippen LogP contribution is -2.30. The molecule has 0 N–H and O–H groups in total. The van der Waals surface area contributed by atoms with Crippen LogP contribution >= 0.6 is 0 Å². The third kappa shape index (κ3) is 3.45. The number of benzene rings is 3. The number of para-hydroxylation sites is 2. The van der Waals surface area contributed by atoms with Gasteiger partial charge in [0, 0.05) is 5.92 Å². The van der Waals surface area contributed by atoms with Crippen molar-refractivity contribution in [1.29, 1.82) is 0 Å². The predicted molar refractivity (Wildman–Crippen MR) is 135 cm³/mol. The fourth-order valence-corrected chi connectivity index (χ4v) is 4.60. The first kappa shape index (κ1) is 21.4. The molecule has 0 amide bonds. The molecule has 5 rings (SSSR count). The van der Waals surface area contributed by atoms with E-state index < -0.39 is 0 Å². The number of nitrogens with zero attached hydrogens (tertiary/aromatic N) is 3. The Balaban J connectivity index is 1.86. The summed E-state index contributed by atoms with van der Waals surface area (Å²) in [6.45, 7) is 13.1. The first-order chi connectivity index (χ1) is 15.7. The van der Waals surface area contributed by atoms with Gasteiger partial charge in [0.05, 0.1) is 7.05 Å². The van der Waals surface area contributed by atoms with Crippen LogP contribution in [0.3, 0.4) is 0 Å². The second-order valence-corrected chi connectivity index (χ2v) is 10.3. The first-order valence-electron chi connectivity index (χ1n) is 11.7. The highest BCUT2D eigenvalue weighted by atomic mass is 16.3. The quantitative estimate of drug-likeness (QED) is 0.284. The molecule has 0 atom stereocenters. The van der Waals surface area contributed by atoms with Crippen LogP contribution in [0.2, 0.25) is 0 Å². The van der Waals surface area contributed by atoms with Crippen molar-refractivity contribution in [2.45, 2.75) is 52.9 Å². The topological polar surface area (TPSA) is 34.8 Å². The van der Waals surface area contributed by atoms with Crippen LogP contribution in [-0.4, -0.2) is 9.55 Å². The summed E-state index contributed by atoms with van der Waals surface area (Å²) in [4.78, 5) is 4.78. The van der Waals surface area contributed by atoms with Gasteiger partial charge in [0.25, 0.3) is 5.82 Å². The Morgan fingerprint density at radius 1 is 0.939 bits per heavy atom. The van der Waals surface area contributed by atoms with Crippen LogP contribution < -0.4 is 4.57 Å². The van der Waals surface area contributed by atoms with E-state index in [0.717, 1.165) is 34.1 Å². The molecule has 4 nitrogen and oxygen atoms in total. The van der Waals surface area contributed by atoms with Gasteiger partial charge < -0.3 is 4.42 Å². The number of aryl methyl sites for hydroxylation is 2. The molecule has 0 unspecified atom stereocenters. The second-order valence-electron chi connectivity index (χ2n) is 10.3. The number of imidazole rings is 1. The van der Waals surface area contributed by atoms with E-state index in [9.17, 15) is 0 Å². The number of oxazole rings is 1. The third-order valence-corrected chi connectivity index (χ3v) is 6.51. The monoisotopic (exact) mass is 438 g/mol. The molecule has 2 aromatic heterocycles. The van der Waals surface area contributed by atoms with Gasteiger partial charge in [0.2, 0.25) is 0 Å². The van der Waals surface area contributed by atoms with Crippen molar-refractivity contribution in [2.24, 2.45) is 7.05 Å². The van der Waals surface area contributed by atoms with Gasteiger partial charge in [-0.15, -0.1) is 0 Å². The summed E-state index contributed by atoms with van der Waals surface area (Å²) in [6.07, 6.45) is 0. The van der Waals surface area contributed by atoms with Crippen LogP contribution in [0.15, 0.2) is 65.1 Å². The molecule has 3 aromatic carbocycles. The Morgan fingerprint density at radius 3 is 2.30 bits per heavy atom. The van der Waals surface area contributed by atoms with Crippen molar-refractivity contribution in [3.63, 3.8) is 0 Å². The van der Waals surface area contributed by atoms with Gasteiger partial charge in [-0.2, -0.15) is 4.57 Å². The van der Waals surface area contributed by atoms with Crippen molar-refractivity contribution in [3.05, 3.63) is 77.7 Å². The van der Waals surface area contributed by atoms with Crippen LogP contribution in [0.5, 0.6) is 0 Å². The molecule has 0 radical (unpaired) electrons. The molecule has 2 heterocycles. The number of hydrogen-bond donors (Lipinski definition) is 0. The zero-order chi connectivity index (χ0) is 23.5. The lowest BCUT2D eigenvalue weighted by molar-refractivity contribution is -0.633. The second kappa shape index (κ2) is 7.58. The number of rotatable bonds is 3. The average molecular weight is 439 g/mol. The molecule has 0 aliphatic heterocycles. The minimum atomic E-state index is 0.111. The number of hydrogen-bond acceptors (Lipinski definition) is 2. The van der Waals surface area contributed by atoms with Gasteiger partial charge in [-0.05, 0) is 53.8 Å². The number of aromatic nitrogens is 3. The lowest BCUT2D eigenvalue weighted by atomic mass is 9.87. The van der Waals surface area contributed by atoms with Crippen LogP contribution in [0.4, 0.5) is 0 Å². The van der Waals surface area contributed by atoms with Crippen molar-refractivity contribution in [3.8, 4) is 17.1 Å². The number of fused-ring (bicyclic) bond motifs is 2. The zero-order valence-corrected chi connectivity index (χ0v) is 20.6. The molecule has 4 heteroatoms. The van der Waals surface area contributed by atoms with E-state index >= 15 is 0 Å². The average Bonchev–Trinajstić information content (AvgIpc) is 3.33. The van der Waals surface area contributed by atoms with E-state index in [1.807, 2.05) is 0 Å². The van der Waals surface area contributed by atoms with E-state index in [1.165, 1.54) is 22.2 Å². The highest BCUT2D eigenvalue weighted by Gasteiger charge is 2.30. The first-order valence-corrected chi connectivity index (χ1v) is 11.7. The van der Waals surface area contributed by atoms with Crippen molar-refractivity contribution >= 4 is 22.1 Å². The summed E-state index contributed by atoms with van der Waals surface area (Å²) in [5, 5.41) is 0. The zero-order valence-electron chi connectivity index (χ0n) is 20.6. The summed E-state index contributed by atoms with van der Waals surface area (Å²) >= 11 is 0. The summed E-state index contributed by atoms with van der Waals surface area (Å²) < 4.78 is 11.0. The lowest BCUT2D eigenvalue weighted by Gasteiger charge is -2.18. The van der Waals surface area contributed by atoms with Gasteiger partial charge >= 0.3 is 0 Å². The van der Waals surface area contributed by atoms with Crippen molar-refractivity contribution in [2.75, 3.05) is 0 Å². The molecule has 5 aromatic rings. The molecular formula is C29H32N3O+. The van der Waals surface area contributed by atoms with E-state index in [0.29, 0.717) is 0 Å². The summed E-state index contributed by atoms with van der Waals surface area (Å²) in [5.74, 6) is 2.10. The van der Waals surface area contributed by atoms with E-state index in [-0.39, 0.29) is 11.3 Å². The van der Waals surface area contributed by atoms with Crippen molar-refractivity contribution in [1.82, 2.24) is 9.55 Å². The molecule has 0 aliphatic rings. The van der Waals surface area contributed by atoms with Crippen LogP contribution in [-0.2, 0) is 12.5 Å². The van der Waals surface area contributed by atoms with Crippen LogP contribution in [0.1, 0.15) is 57.6 Å². The van der Waals surface area contributed by atoms with E-state index in [1.54, 1.807) is 0 Å². The fraction of sp³-hybridized carbons (Fsp3) is 0.310. The molecule has 0 bridgehead atoms. The molecule has 33 heavy (non-hydrogen) atoms. The third-order valence-electron chi connectivity index (χ3n) is 6.51. The Bertz CT molecular complexity index is 1480. The Labute approximate surface area is 195 Å². The molecule has 0 fully saturated rings. The summed E-state index contributed by atoms with van der Waals surface area (Å²) in [6, 6.07) is 21.7. The fourth-order valence-electron chi connectivity index (χ4n) is 4.60. The predicted octanol–water partition coefficient (Wildman–Crippen LogP) is 6.99. The van der Waals surface area contributed by atoms with Crippen LogP contribution in [0, 0.1) is 6.92 Å². The van der Waals surface area contributed by atoms with E-state index in [4.69, 9.17) is 9.40 Å². The maximum absolute atomic E-state index is 6.36. The Hall–Kier alpha value is -3.40. The van der Waals surface area contributed by atoms with Gasteiger partial charge in [0.15, 0.2) is 22.5 Å². The molecule has 0 aliphatic carbocycles. The maximum atomic E-state index is 6.36. The highest BCUT2D eigenvalue weighted by molar-refractivity contribution is 5.92. The van der Waals surface area contributed by atoms with Gasteiger partial charge in [0.1, 0.15) is 16.8 Å². The largest absolute Gasteiger partial charge is 0.439 e. The van der Waals surface area contributed by atoms with Crippen molar-refractivity contribution < 1.29 is 8.98 Å². The Morgan fingerprint density at radius 2 is 1.64 bits per heavy atom. The molecule has 0 saturated heterocycles. The Kier molecular flexibility index (Phi) is 4.93. The van der Waals surface area contributed by atoms with E-state index in [2.05, 4.69) is 118 Å². The standard InChI is InChI=1S/C29H32N3O/c1-18(2)27-30-22-17-12-19(3)25(26(22)33-27)28-31(7)23-10-8-9-11-24(23)32(28)21-15-13-20(14-16-21)29(4,5)6/h8-18H,1-7H3/q+1. The normalized spacial score (nSPS) is 12.4. The summed E-state index contributed by atoms with van der Waals surface area (Å²) in [7, 11) is 2.13. The van der Waals surface area contributed by atoms with Gasteiger partial charge in [-0.1, -0.05) is 65.0 Å². The highest BCUT2D eigenvalue weighted by Crippen LogP contribution is 2.36. The maximum Gasteiger partial charge on any atom is 0.299 e. The SMILES string of the molecule is Cc1ccc2nc(C(C)C)oc2c1-c1n(-c2ccc(C(C)(C)C)cc2)c2ccccc2[n+]1C. The summed E-state index contributed by atoms with van der Waals surface area (Å²) in [5.41, 5.74) is 8.92. The molecule has 0 saturated carbocycles. The van der Waals surface area contributed by atoms with Crippen LogP contribution in [0.25, 0.3) is 39.2 Å². The minimum Gasteiger partial charge on any atom is -0.439 e. The molecule has 168 valence electrons. The minimum absolute atomic E-state index is 0.111. The molecule has 0 spiro atoms.